The summed E-state index contributed by atoms with van der Waals surface area (Å²) < 4.78 is 11.6. The van der Waals surface area contributed by atoms with E-state index in [0.717, 1.165) is 83.0 Å². The molecule has 1 amide bonds. The summed E-state index contributed by atoms with van der Waals surface area (Å²) in [6.07, 6.45) is 9.91. The van der Waals surface area contributed by atoms with Crippen molar-refractivity contribution in [2.24, 2.45) is 5.92 Å². The third-order valence-electron chi connectivity index (χ3n) is 7.99. The van der Waals surface area contributed by atoms with Crippen LogP contribution < -0.4 is 5.32 Å². The number of benzene rings is 1. The van der Waals surface area contributed by atoms with Crippen LogP contribution >= 0.6 is 0 Å². The Morgan fingerprint density at radius 3 is 2.49 bits per heavy atom. The van der Waals surface area contributed by atoms with Gasteiger partial charge in [0.05, 0.1) is 5.41 Å². The monoisotopic (exact) mass is 484 g/mol. The Kier molecular flexibility index (Phi) is 8.41. The van der Waals surface area contributed by atoms with Gasteiger partial charge in [-0.3, -0.25) is 9.69 Å². The largest absolute Gasteiger partial charge is 0.460 e. The molecule has 0 unspecified atom stereocenters. The maximum atomic E-state index is 13.7. The van der Waals surface area contributed by atoms with E-state index in [4.69, 9.17) is 9.47 Å². The second-order valence-electron chi connectivity index (χ2n) is 11.8. The summed E-state index contributed by atoms with van der Waals surface area (Å²) >= 11 is 0. The molecule has 1 aromatic rings. The molecule has 1 aliphatic carbocycles. The summed E-state index contributed by atoms with van der Waals surface area (Å²) in [4.78, 5) is 28.0. The van der Waals surface area contributed by atoms with Crippen LogP contribution in [0.3, 0.4) is 0 Å². The molecule has 1 aromatic carbocycles. The fourth-order valence-corrected chi connectivity index (χ4v) is 6.04. The van der Waals surface area contributed by atoms with Crippen molar-refractivity contribution in [3.8, 4) is 0 Å². The lowest BCUT2D eigenvalue weighted by Gasteiger charge is -2.45. The zero-order valence-corrected chi connectivity index (χ0v) is 21.9. The minimum atomic E-state index is -0.501. The number of nitrogens with zero attached hydrogens (tertiary/aromatic N) is 1. The number of hydrogen-bond acceptors (Lipinski definition) is 5. The molecule has 35 heavy (non-hydrogen) atoms. The van der Waals surface area contributed by atoms with Crippen LogP contribution in [0.15, 0.2) is 24.3 Å². The molecular formula is C29H44N2O4. The maximum absolute atomic E-state index is 13.7. The summed E-state index contributed by atoms with van der Waals surface area (Å²) in [6, 6.07) is 8.63. The van der Waals surface area contributed by atoms with E-state index in [1.807, 2.05) is 20.8 Å². The van der Waals surface area contributed by atoms with Crippen LogP contribution in [-0.4, -0.2) is 54.8 Å². The van der Waals surface area contributed by atoms with Crippen LogP contribution in [0.25, 0.3) is 0 Å². The number of rotatable bonds is 8. The molecule has 0 spiro atoms. The summed E-state index contributed by atoms with van der Waals surface area (Å²) in [6.45, 7) is 9.41. The van der Waals surface area contributed by atoms with E-state index in [9.17, 15) is 9.59 Å². The van der Waals surface area contributed by atoms with Crippen molar-refractivity contribution in [3.63, 3.8) is 0 Å². The highest BCUT2D eigenvalue weighted by Gasteiger charge is 2.45. The van der Waals surface area contributed by atoms with Crippen molar-refractivity contribution in [2.45, 2.75) is 102 Å². The summed E-state index contributed by atoms with van der Waals surface area (Å²) in [5.41, 5.74) is 1.40. The molecule has 1 saturated carbocycles. The number of unbranched alkanes of at least 4 members (excludes halogenated alkanes) is 1. The smallest absolute Gasteiger partial charge is 0.407 e. The fourth-order valence-electron chi connectivity index (χ4n) is 6.04. The van der Waals surface area contributed by atoms with Gasteiger partial charge < -0.3 is 14.8 Å². The molecule has 5 rings (SSSR count). The number of amides is 1. The van der Waals surface area contributed by atoms with Crippen LogP contribution in [-0.2, 0) is 26.1 Å². The lowest BCUT2D eigenvalue weighted by Crippen LogP contribution is -2.53. The molecule has 4 fully saturated rings. The Labute approximate surface area is 211 Å². The Morgan fingerprint density at radius 1 is 1.09 bits per heavy atom. The standard InChI is InChI=1S/C29H44N2O4/c1-28(2,3)35-27(33)30-17-8-5-10-22-11-9-12-24(20-22)29(15-6-4-7-16-29)26(32)34-25-21-31-18-13-23(25)14-19-31/h9,11-12,20,23,25H,4-8,10,13-19,21H2,1-3H3,(H,30,33)/t25-/m0/s1. The highest BCUT2D eigenvalue weighted by molar-refractivity contribution is 5.83. The van der Waals surface area contributed by atoms with Gasteiger partial charge in [0.15, 0.2) is 0 Å². The first kappa shape index (κ1) is 26.0. The zero-order chi connectivity index (χ0) is 24.9. The highest BCUT2D eigenvalue weighted by Crippen LogP contribution is 2.42. The predicted molar refractivity (Wildman–Crippen MR) is 137 cm³/mol. The molecular weight excluding hydrogens is 440 g/mol. The van der Waals surface area contributed by atoms with E-state index >= 15 is 0 Å². The van der Waals surface area contributed by atoms with Crippen LogP contribution in [0.5, 0.6) is 0 Å². The van der Waals surface area contributed by atoms with Gasteiger partial charge in [-0.25, -0.2) is 4.79 Å². The topological polar surface area (TPSA) is 67.9 Å². The average molecular weight is 485 g/mol. The lowest BCUT2D eigenvalue weighted by molar-refractivity contribution is -0.167. The molecule has 3 saturated heterocycles. The van der Waals surface area contributed by atoms with E-state index in [2.05, 4.69) is 34.5 Å². The fraction of sp³-hybridized carbons (Fsp3) is 0.724. The van der Waals surface area contributed by atoms with Gasteiger partial charge >= 0.3 is 12.1 Å². The van der Waals surface area contributed by atoms with E-state index in [0.29, 0.717) is 12.5 Å². The van der Waals surface area contributed by atoms with Crippen molar-refractivity contribution in [2.75, 3.05) is 26.2 Å². The number of piperidine rings is 3. The summed E-state index contributed by atoms with van der Waals surface area (Å²) in [5.74, 6) is 0.542. The highest BCUT2D eigenvalue weighted by atomic mass is 16.6. The van der Waals surface area contributed by atoms with E-state index in [-0.39, 0.29) is 18.2 Å². The van der Waals surface area contributed by atoms with Gasteiger partial charge in [0.2, 0.25) is 0 Å². The van der Waals surface area contributed by atoms with Crippen molar-refractivity contribution in [1.82, 2.24) is 10.2 Å². The molecule has 0 radical (unpaired) electrons. The van der Waals surface area contributed by atoms with Crippen LogP contribution in [0, 0.1) is 5.92 Å². The first-order chi connectivity index (χ1) is 16.7. The lowest BCUT2D eigenvalue weighted by atomic mass is 9.69. The number of carbonyl (C=O) groups is 2. The van der Waals surface area contributed by atoms with Crippen molar-refractivity contribution in [1.29, 1.82) is 0 Å². The van der Waals surface area contributed by atoms with Gasteiger partial charge in [-0.05, 0) is 95.9 Å². The second-order valence-corrected chi connectivity index (χ2v) is 11.8. The van der Waals surface area contributed by atoms with Crippen molar-refractivity contribution in [3.05, 3.63) is 35.4 Å². The van der Waals surface area contributed by atoms with Gasteiger partial charge in [-0.1, -0.05) is 43.5 Å². The number of alkyl carbamates (subject to hydrolysis) is 1. The molecule has 4 aliphatic rings. The Balaban J connectivity index is 1.35. The van der Waals surface area contributed by atoms with E-state index in [1.165, 1.54) is 12.0 Å². The molecule has 6 heteroatoms. The Bertz CT molecular complexity index is 864. The van der Waals surface area contributed by atoms with Gasteiger partial charge in [0.25, 0.3) is 0 Å². The number of ether oxygens (including phenoxy) is 2. The predicted octanol–water partition coefficient (Wildman–Crippen LogP) is 5.37. The van der Waals surface area contributed by atoms with Gasteiger partial charge in [0.1, 0.15) is 11.7 Å². The quantitative estimate of drug-likeness (QED) is 0.397. The first-order valence-electron chi connectivity index (χ1n) is 13.7. The first-order valence-corrected chi connectivity index (χ1v) is 13.7. The SMILES string of the molecule is CC(C)(C)OC(=O)NCCCCc1cccc(C2(C(=O)O[C@H]3CN4CCC3CC4)CCCCC2)c1. The molecule has 3 aliphatic heterocycles. The third kappa shape index (κ3) is 6.78. The van der Waals surface area contributed by atoms with Crippen molar-refractivity contribution >= 4 is 12.1 Å². The number of aryl methyl sites for hydroxylation is 1. The van der Waals surface area contributed by atoms with Gasteiger partial charge in [-0.2, -0.15) is 0 Å². The molecule has 3 heterocycles. The molecule has 6 nitrogen and oxygen atoms in total. The summed E-state index contributed by atoms with van der Waals surface area (Å²) in [7, 11) is 0. The molecule has 1 N–H and O–H groups in total. The van der Waals surface area contributed by atoms with E-state index in [1.54, 1.807) is 0 Å². The molecule has 2 bridgehead atoms. The second kappa shape index (κ2) is 11.3. The Hall–Kier alpha value is -2.08. The normalized spacial score (nSPS) is 25.6. The molecule has 194 valence electrons. The van der Waals surface area contributed by atoms with Crippen LogP contribution in [0.4, 0.5) is 4.79 Å². The molecule has 1 atom stereocenters. The Morgan fingerprint density at radius 2 is 1.83 bits per heavy atom. The number of fused-ring (bicyclic) bond motifs is 3. The minimum absolute atomic E-state index is 0.00895. The number of esters is 1. The zero-order valence-electron chi connectivity index (χ0n) is 21.9. The van der Waals surface area contributed by atoms with Crippen LogP contribution in [0.1, 0.15) is 89.7 Å². The average Bonchev–Trinajstić information content (AvgIpc) is 2.84. The van der Waals surface area contributed by atoms with Gasteiger partial charge in [0, 0.05) is 13.1 Å². The summed E-state index contributed by atoms with van der Waals surface area (Å²) in [5, 5.41) is 2.83. The molecule has 0 aromatic heterocycles. The van der Waals surface area contributed by atoms with Gasteiger partial charge in [-0.15, -0.1) is 0 Å². The van der Waals surface area contributed by atoms with E-state index < -0.39 is 11.0 Å². The van der Waals surface area contributed by atoms with Crippen molar-refractivity contribution < 1.29 is 19.1 Å². The van der Waals surface area contributed by atoms with Crippen LogP contribution in [0.2, 0.25) is 0 Å². The number of nitrogens with one attached hydrogen (secondary N) is 1. The maximum Gasteiger partial charge on any atom is 0.407 e. The minimum Gasteiger partial charge on any atom is -0.460 e. The number of hydrogen-bond donors (Lipinski definition) is 1. The number of carbonyl (C=O) groups excluding carboxylic acids is 2. The third-order valence-corrected chi connectivity index (χ3v) is 7.99.